The zero-order valence-electron chi connectivity index (χ0n) is 11.6. The fraction of sp³-hybridized carbons (Fsp3) is 0.235. The first-order chi connectivity index (χ1) is 10.1. The van der Waals surface area contributed by atoms with Gasteiger partial charge in [-0.05, 0) is 35.6 Å². The molecule has 0 aliphatic carbocycles. The van der Waals surface area contributed by atoms with Gasteiger partial charge in [0.2, 0.25) is 5.91 Å². The van der Waals surface area contributed by atoms with Crippen LogP contribution in [0, 0.1) is 0 Å². The predicted molar refractivity (Wildman–Crippen MR) is 85.5 cm³/mol. The Morgan fingerprint density at radius 3 is 2.76 bits per heavy atom. The molecule has 0 spiro atoms. The molecule has 21 heavy (non-hydrogen) atoms. The smallest absolute Gasteiger partial charge is 0.228 e. The lowest BCUT2D eigenvalue weighted by Gasteiger charge is -2.15. The highest BCUT2D eigenvalue weighted by Gasteiger charge is 2.21. The summed E-state index contributed by atoms with van der Waals surface area (Å²) >= 11 is 6.30. The van der Waals surface area contributed by atoms with E-state index in [1.165, 1.54) is 5.56 Å². The first kappa shape index (κ1) is 14.1. The lowest BCUT2D eigenvalue weighted by Crippen LogP contribution is -2.12. The summed E-state index contributed by atoms with van der Waals surface area (Å²) in [6, 6.07) is 13.9. The van der Waals surface area contributed by atoms with Crippen molar-refractivity contribution in [2.45, 2.75) is 25.3 Å². The average Bonchev–Trinajstić information content (AvgIpc) is 2.84. The van der Waals surface area contributed by atoms with Crippen molar-refractivity contribution >= 4 is 23.2 Å². The van der Waals surface area contributed by atoms with E-state index in [4.69, 9.17) is 17.3 Å². The summed E-state index contributed by atoms with van der Waals surface area (Å²) in [4.78, 5) is 11.4. The first-order valence-corrected chi connectivity index (χ1v) is 7.43. The van der Waals surface area contributed by atoms with Crippen molar-refractivity contribution in [1.82, 2.24) is 0 Å². The summed E-state index contributed by atoms with van der Waals surface area (Å²) in [7, 11) is 0. The largest absolute Gasteiger partial charge is 0.325 e. The van der Waals surface area contributed by atoms with Crippen molar-refractivity contribution in [3.63, 3.8) is 0 Å². The molecule has 1 heterocycles. The molecule has 0 radical (unpaired) electrons. The number of aryl methyl sites for hydroxylation is 1. The van der Waals surface area contributed by atoms with Crippen molar-refractivity contribution in [2.24, 2.45) is 5.73 Å². The van der Waals surface area contributed by atoms with Crippen LogP contribution >= 0.6 is 11.6 Å². The second-order valence-corrected chi connectivity index (χ2v) is 5.79. The van der Waals surface area contributed by atoms with E-state index in [-0.39, 0.29) is 11.9 Å². The number of rotatable bonds is 4. The highest BCUT2D eigenvalue weighted by molar-refractivity contribution is 6.32. The van der Waals surface area contributed by atoms with Crippen LogP contribution in [0.4, 0.5) is 5.69 Å². The molecule has 1 aliphatic heterocycles. The number of anilines is 1. The number of carbonyl (C=O) groups is 1. The molecule has 3 rings (SSSR count). The molecule has 1 amide bonds. The van der Waals surface area contributed by atoms with Crippen LogP contribution in [0.15, 0.2) is 42.5 Å². The van der Waals surface area contributed by atoms with Gasteiger partial charge in [-0.3, -0.25) is 4.79 Å². The Morgan fingerprint density at radius 1 is 1.24 bits per heavy atom. The third-order valence-corrected chi connectivity index (χ3v) is 4.16. The number of carbonyl (C=O) groups excluding carboxylic acids is 1. The SMILES string of the molecule is NC(CCc1ccccc1)c1cc2c(cc1Cl)NC(=O)C2. The number of nitrogens with two attached hydrogens (primary N) is 1. The van der Waals surface area contributed by atoms with Gasteiger partial charge in [-0.2, -0.15) is 0 Å². The molecule has 0 bridgehead atoms. The van der Waals surface area contributed by atoms with Gasteiger partial charge in [-0.1, -0.05) is 48.0 Å². The summed E-state index contributed by atoms with van der Waals surface area (Å²) in [6.45, 7) is 0. The zero-order valence-corrected chi connectivity index (χ0v) is 12.4. The lowest BCUT2D eigenvalue weighted by molar-refractivity contribution is -0.115. The highest BCUT2D eigenvalue weighted by atomic mass is 35.5. The molecule has 1 atom stereocenters. The van der Waals surface area contributed by atoms with E-state index in [0.717, 1.165) is 29.7 Å². The van der Waals surface area contributed by atoms with E-state index in [1.807, 2.05) is 24.3 Å². The quantitative estimate of drug-likeness (QED) is 0.908. The van der Waals surface area contributed by atoms with Gasteiger partial charge in [-0.15, -0.1) is 0 Å². The Morgan fingerprint density at radius 2 is 2.00 bits per heavy atom. The Balaban J connectivity index is 1.74. The van der Waals surface area contributed by atoms with Crippen LogP contribution < -0.4 is 11.1 Å². The third-order valence-electron chi connectivity index (χ3n) is 3.83. The first-order valence-electron chi connectivity index (χ1n) is 7.05. The summed E-state index contributed by atoms with van der Waals surface area (Å²) in [5, 5.41) is 3.42. The fourth-order valence-corrected chi connectivity index (χ4v) is 2.98. The minimum absolute atomic E-state index is 0.0103. The molecule has 0 aromatic heterocycles. The molecule has 0 saturated heterocycles. The van der Waals surface area contributed by atoms with Gasteiger partial charge in [0.05, 0.1) is 6.42 Å². The van der Waals surface area contributed by atoms with Gasteiger partial charge < -0.3 is 11.1 Å². The van der Waals surface area contributed by atoms with Gasteiger partial charge in [0.25, 0.3) is 0 Å². The number of hydrogen-bond donors (Lipinski definition) is 2. The third kappa shape index (κ3) is 3.09. The van der Waals surface area contributed by atoms with E-state index in [1.54, 1.807) is 6.07 Å². The van der Waals surface area contributed by atoms with Crippen molar-refractivity contribution in [1.29, 1.82) is 0 Å². The van der Waals surface area contributed by atoms with Crippen LogP contribution in [0.3, 0.4) is 0 Å². The van der Waals surface area contributed by atoms with E-state index in [2.05, 4.69) is 17.4 Å². The summed E-state index contributed by atoms with van der Waals surface area (Å²) in [5.74, 6) is 0.0103. The second-order valence-electron chi connectivity index (χ2n) is 5.39. The molecule has 3 N–H and O–H groups in total. The number of benzene rings is 2. The van der Waals surface area contributed by atoms with Gasteiger partial charge >= 0.3 is 0 Å². The Bertz CT molecular complexity index is 670. The van der Waals surface area contributed by atoms with E-state index >= 15 is 0 Å². The molecule has 0 fully saturated rings. The molecular formula is C17H17ClN2O. The summed E-state index contributed by atoms with van der Waals surface area (Å²) in [5.41, 5.74) is 10.3. The monoisotopic (exact) mass is 300 g/mol. The minimum Gasteiger partial charge on any atom is -0.325 e. The van der Waals surface area contributed by atoms with Crippen molar-refractivity contribution in [3.8, 4) is 0 Å². The zero-order chi connectivity index (χ0) is 14.8. The number of fused-ring (bicyclic) bond motifs is 1. The van der Waals surface area contributed by atoms with Gasteiger partial charge in [0.15, 0.2) is 0 Å². The maximum Gasteiger partial charge on any atom is 0.228 e. The van der Waals surface area contributed by atoms with Crippen LogP contribution in [0.5, 0.6) is 0 Å². The van der Waals surface area contributed by atoms with Crippen LogP contribution in [0.1, 0.15) is 29.2 Å². The number of hydrogen-bond acceptors (Lipinski definition) is 2. The van der Waals surface area contributed by atoms with Gasteiger partial charge in [0.1, 0.15) is 0 Å². The second kappa shape index (κ2) is 5.88. The Kier molecular flexibility index (Phi) is 3.95. The van der Waals surface area contributed by atoms with Crippen LogP contribution in [-0.4, -0.2) is 5.91 Å². The highest BCUT2D eigenvalue weighted by Crippen LogP contribution is 2.33. The van der Waals surface area contributed by atoms with Crippen LogP contribution in [0.25, 0.3) is 0 Å². The van der Waals surface area contributed by atoms with Gasteiger partial charge in [-0.25, -0.2) is 0 Å². The number of nitrogens with one attached hydrogen (secondary N) is 1. The molecule has 1 unspecified atom stereocenters. The average molecular weight is 301 g/mol. The maximum absolute atomic E-state index is 11.4. The fourth-order valence-electron chi connectivity index (χ4n) is 2.67. The summed E-state index contributed by atoms with van der Waals surface area (Å²) < 4.78 is 0. The standard InChI is InChI=1S/C17H17ClN2O/c18-14-10-16-12(9-17(21)20-16)8-13(14)15(19)7-6-11-4-2-1-3-5-11/h1-5,8,10,15H,6-7,9,19H2,(H,20,21). The van der Waals surface area contributed by atoms with Crippen LogP contribution in [0.2, 0.25) is 5.02 Å². The number of halogens is 1. The lowest BCUT2D eigenvalue weighted by atomic mass is 9.97. The van der Waals surface area contributed by atoms with Crippen LogP contribution in [-0.2, 0) is 17.6 Å². The minimum atomic E-state index is -0.126. The molecule has 2 aromatic carbocycles. The number of amides is 1. The molecule has 1 aliphatic rings. The van der Waals surface area contributed by atoms with E-state index in [0.29, 0.717) is 11.4 Å². The molecule has 3 nitrogen and oxygen atoms in total. The normalized spacial score (nSPS) is 14.7. The molecular weight excluding hydrogens is 284 g/mol. The van der Waals surface area contributed by atoms with Crippen molar-refractivity contribution < 1.29 is 4.79 Å². The predicted octanol–water partition coefficient (Wildman–Crippen LogP) is 3.47. The van der Waals surface area contributed by atoms with Crippen molar-refractivity contribution in [2.75, 3.05) is 5.32 Å². The maximum atomic E-state index is 11.4. The topological polar surface area (TPSA) is 55.1 Å². The Labute approximate surface area is 129 Å². The molecule has 4 heteroatoms. The summed E-state index contributed by atoms with van der Waals surface area (Å²) in [6.07, 6.45) is 2.14. The molecule has 2 aromatic rings. The molecule has 108 valence electrons. The Hall–Kier alpha value is -1.84. The molecule has 0 saturated carbocycles. The van der Waals surface area contributed by atoms with E-state index < -0.39 is 0 Å². The van der Waals surface area contributed by atoms with E-state index in [9.17, 15) is 4.79 Å². The van der Waals surface area contributed by atoms with Crippen molar-refractivity contribution in [3.05, 3.63) is 64.2 Å². The van der Waals surface area contributed by atoms with Gasteiger partial charge in [0, 0.05) is 16.8 Å².